The van der Waals surface area contributed by atoms with Crippen molar-refractivity contribution >= 4 is 53.7 Å². The molecule has 0 bridgehead atoms. The van der Waals surface area contributed by atoms with Crippen molar-refractivity contribution in [2.75, 3.05) is 0 Å². The van der Waals surface area contributed by atoms with E-state index < -0.39 is 38.0 Å². The summed E-state index contributed by atoms with van der Waals surface area (Å²) in [4.78, 5) is 20.1. The lowest BCUT2D eigenvalue weighted by Crippen LogP contribution is -2.31. The first-order valence-corrected chi connectivity index (χ1v) is 17.8. The Kier molecular flexibility index (Phi) is 8.16. The highest BCUT2D eigenvalue weighted by Gasteiger charge is 2.38. The molecule has 0 saturated carbocycles. The number of hydrogen-bond donors (Lipinski definition) is 5. The number of benzene rings is 4. The fraction of sp³-hybridized carbons (Fsp3) is 0.188. The minimum absolute atomic E-state index is 0.0134. The summed E-state index contributed by atoms with van der Waals surface area (Å²) in [5, 5.41) is -0.739. The first kappa shape index (κ1) is 30.5. The fourth-order valence-corrected chi connectivity index (χ4v) is 8.63. The molecule has 5 aromatic rings. The molecule has 5 N–H and O–H groups in total. The van der Waals surface area contributed by atoms with Crippen LogP contribution in [0.15, 0.2) is 94.3 Å². The van der Waals surface area contributed by atoms with E-state index in [9.17, 15) is 22.3 Å². The van der Waals surface area contributed by atoms with Gasteiger partial charge in [-0.2, -0.15) is 0 Å². The van der Waals surface area contributed by atoms with Crippen LogP contribution >= 0.6 is 26.7 Å². The second-order valence-corrected chi connectivity index (χ2v) is 15.5. The number of sulfonamides is 1. The summed E-state index contributed by atoms with van der Waals surface area (Å²) >= 11 is 3.59. The molecule has 228 valence electrons. The maximum absolute atomic E-state index is 13.7. The molecule has 1 fully saturated rings. The quantitative estimate of drug-likeness (QED) is 0.117. The fourth-order valence-electron chi connectivity index (χ4n) is 5.44. The number of rotatable bonds is 8. The summed E-state index contributed by atoms with van der Waals surface area (Å²) in [6.07, 6.45) is 0.249. The zero-order chi connectivity index (χ0) is 31.2. The van der Waals surface area contributed by atoms with Gasteiger partial charge in [0.2, 0.25) is 15.9 Å². The van der Waals surface area contributed by atoms with E-state index in [4.69, 9.17) is 4.98 Å². The molecule has 1 aliphatic heterocycles. The Balaban J connectivity index is 1.33. The smallest absolute Gasteiger partial charge is 0.241 e. The molecule has 9 nitrogen and oxygen atoms in total. The van der Waals surface area contributed by atoms with Gasteiger partial charge in [-0.1, -0.05) is 82.7 Å². The Morgan fingerprint density at radius 1 is 0.977 bits per heavy atom. The number of H-pyrrole nitrogens is 1. The second kappa shape index (κ2) is 11.8. The SMILES string of the molecule is Cc1c(Br)cc2nc([C@H](Cc3ccc(C4CC(=O)NS4(O)O)cc3)NS(=O)(=O)c3ccc(-c4ccccc4)cc3)[nH]c2c1C. The van der Waals surface area contributed by atoms with Gasteiger partial charge in [-0.25, -0.2) is 18.1 Å². The number of amides is 1. The maximum Gasteiger partial charge on any atom is 0.241 e. The van der Waals surface area contributed by atoms with Crippen LogP contribution in [-0.2, 0) is 21.2 Å². The van der Waals surface area contributed by atoms with Gasteiger partial charge < -0.3 is 4.98 Å². The minimum Gasteiger partial charge on any atom is -0.340 e. The highest BCUT2D eigenvalue weighted by Crippen LogP contribution is 2.56. The van der Waals surface area contributed by atoms with Crippen molar-refractivity contribution in [1.82, 2.24) is 19.4 Å². The Hall–Kier alpha value is -3.52. The Morgan fingerprint density at radius 2 is 1.64 bits per heavy atom. The Bertz CT molecular complexity index is 1960. The topological polar surface area (TPSA) is 144 Å². The number of carbonyl (C=O) groups excluding carboxylic acids is 1. The van der Waals surface area contributed by atoms with Crippen molar-refractivity contribution in [1.29, 1.82) is 0 Å². The number of hydrogen-bond acceptors (Lipinski definition) is 6. The van der Waals surface area contributed by atoms with Gasteiger partial charge >= 0.3 is 0 Å². The van der Waals surface area contributed by atoms with Gasteiger partial charge in [-0.05, 0) is 71.8 Å². The second-order valence-electron chi connectivity index (χ2n) is 10.9. The number of halogens is 1. The van der Waals surface area contributed by atoms with Gasteiger partial charge in [0.15, 0.2) is 0 Å². The normalized spacial score (nSPS) is 17.8. The third kappa shape index (κ3) is 6.06. The highest BCUT2D eigenvalue weighted by molar-refractivity contribution is 9.10. The number of aryl methyl sites for hydroxylation is 1. The van der Waals surface area contributed by atoms with Crippen LogP contribution in [0, 0.1) is 13.8 Å². The van der Waals surface area contributed by atoms with E-state index in [1.54, 1.807) is 48.5 Å². The molecule has 44 heavy (non-hydrogen) atoms. The van der Waals surface area contributed by atoms with Crippen LogP contribution in [0.25, 0.3) is 22.2 Å². The van der Waals surface area contributed by atoms with Crippen LogP contribution in [0.5, 0.6) is 0 Å². The van der Waals surface area contributed by atoms with E-state index >= 15 is 0 Å². The van der Waals surface area contributed by atoms with Gasteiger partial charge in [-0.15, -0.1) is 10.8 Å². The molecule has 1 aromatic heterocycles. The standard InChI is InChI=1S/C32H31BrN4O5S2/c1-19-20(2)31-27(17-26(19)33)34-32(35-31)28(16-21-8-10-24(11-9-21)29-18-30(38)37-44(29,41)42)36-43(39,40)25-14-12-23(13-15-25)22-6-4-3-5-7-22/h3-15,17,28-29,36,41-42H,16,18H2,1-2H3,(H,34,35)(H,37,38)/t28-,29?/m0/s1. The number of aromatic nitrogens is 2. The van der Waals surface area contributed by atoms with Crippen LogP contribution in [0.3, 0.4) is 0 Å². The molecule has 2 atom stereocenters. The summed E-state index contributed by atoms with van der Waals surface area (Å²) in [5.41, 5.74) is 6.92. The predicted octanol–water partition coefficient (Wildman–Crippen LogP) is 7.10. The molecule has 1 saturated heterocycles. The minimum atomic E-state index is -3.96. The molecule has 1 aliphatic rings. The number of fused-ring (bicyclic) bond motifs is 1. The molecule has 0 aliphatic carbocycles. The lowest BCUT2D eigenvalue weighted by Gasteiger charge is -2.32. The Labute approximate surface area is 265 Å². The van der Waals surface area contributed by atoms with Crippen molar-refractivity contribution < 1.29 is 22.3 Å². The highest BCUT2D eigenvalue weighted by atomic mass is 79.9. The van der Waals surface area contributed by atoms with E-state index in [1.807, 2.05) is 50.2 Å². The summed E-state index contributed by atoms with van der Waals surface area (Å²) in [6, 6.07) is 24.7. The van der Waals surface area contributed by atoms with E-state index in [0.29, 0.717) is 16.9 Å². The molecule has 1 amide bonds. The summed E-state index contributed by atoms with van der Waals surface area (Å²) < 4.78 is 54.1. The van der Waals surface area contributed by atoms with Crippen molar-refractivity contribution in [2.45, 2.75) is 42.9 Å². The van der Waals surface area contributed by atoms with Gasteiger partial charge in [0.1, 0.15) is 11.1 Å². The lowest BCUT2D eigenvalue weighted by atomic mass is 10.0. The van der Waals surface area contributed by atoms with Gasteiger partial charge in [0, 0.05) is 4.47 Å². The number of nitrogens with one attached hydrogen (secondary N) is 3. The average Bonchev–Trinajstić information content (AvgIpc) is 3.55. The molecule has 2 heterocycles. The zero-order valence-corrected chi connectivity index (χ0v) is 27.1. The number of nitrogens with zero attached hydrogens (tertiary/aromatic N) is 1. The van der Waals surface area contributed by atoms with Crippen LogP contribution < -0.4 is 9.44 Å². The van der Waals surface area contributed by atoms with E-state index in [1.165, 1.54) is 0 Å². The summed E-state index contributed by atoms with van der Waals surface area (Å²) in [5.74, 6) is 0.0568. The summed E-state index contributed by atoms with van der Waals surface area (Å²) in [7, 11) is -7.24. The van der Waals surface area contributed by atoms with Gasteiger partial charge in [-0.3, -0.25) is 18.6 Å². The molecule has 0 spiro atoms. The first-order chi connectivity index (χ1) is 20.9. The molecule has 12 heteroatoms. The van der Waals surface area contributed by atoms with E-state index in [0.717, 1.165) is 37.8 Å². The van der Waals surface area contributed by atoms with Gasteiger partial charge in [0.25, 0.3) is 0 Å². The zero-order valence-electron chi connectivity index (χ0n) is 23.9. The van der Waals surface area contributed by atoms with E-state index in [2.05, 4.69) is 30.4 Å². The lowest BCUT2D eigenvalue weighted by molar-refractivity contribution is -0.118. The average molecular weight is 696 g/mol. The van der Waals surface area contributed by atoms with Crippen molar-refractivity contribution in [3.05, 3.63) is 117 Å². The van der Waals surface area contributed by atoms with Crippen molar-refractivity contribution in [3.63, 3.8) is 0 Å². The van der Waals surface area contributed by atoms with E-state index in [-0.39, 0.29) is 17.7 Å². The van der Waals surface area contributed by atoms with Crippen molar-refractivity contribution in [2.24, 2.45) is 0 Å². The molecule has 6 rings (SSSR count). The number of imidazole rings is 1. The first-order valence-electron chi connectivity index (χ1n) is 13.9. The molecular weight excluding hydrogens is 664 g/mol. The number of carbonyl (C=O) groups is 1. The summed E-state index contributed by atoms with van der Waals surface area (Å²) in [6.45, 7) is 3.99. The largest absolute Gasteiger partial charge is 0.340 e. The van der Waals surface area contributed by atoms with Gasteiger partial charge in [0.05, 0.1) is 28.4 Å². The molecule has 4 aromatic carbocycles. The molecular formula is C32H31BrN4O5S2. The monoisotopic (exact) mass is 694 g/mol. The third-order valence-corrected chi connectivity index (χ3v) is 12.1. The van der Waals surface area contributed by atoms with Crippen LogP contribution in [0.1, 0.15) is 45.8 Å². The van der Waals surface area contributed by atoms with Crippen LogP contribution in [0.2, 0.25) is 0 Å². The predicted molar refractivity (Wildman–Crippen MR) is 177 cm³/mol. The number of aromatic amines is 1. The third-order valence-electron chi connectivity index (χ3n) is 8.03. The molecule has 0 radical (unpaired) electrons. The molecule has 1 unspecified atom stereocenters. The van der Waals surface area contributed by atoms with Crippen molar-refractivity contribution in [3.8, 4) is 11.1 Å². The maximum atomic E-state index is 13.7. The Morgan fingerprint density at radius 3 is 2.27 bits per heavy atom. The van der Waals surface area contributed by atoms with Crippen LogP contribution in [-0.4, -0.2) is 33.4 Å². The van der Waals surface area contributed by atoms with Crippen LogP contribution in [0.4, 0.5) is 0 Å².